The van der Waals surface area contributed by atoms with E-state index in [0.29, 0.717) is 17.1 Å². The molecule has 2 aromatic rings. The number of hydrogen-bond donors (Lipinski definition) is 3. The lowest BCUT2D eigenvalue weighted by atomic mass is 10.0. The molecule has 1 atom stereocenters. The molecule has 0 aromatic heterocycles. The standard InChI is InChI=1S/C19H19NO7/c1-26-15-7-6-12(10-16(15)27-2)17(21)20-14(19(24)25)9-11-4-3-5-13(8-11)18(22)23/h3-8,10,14H,9H2,1-2H3,(H,20,21)(H,22,23)(H,24,25)/t14-/m1/s1. The minimum Gasteiger partial charge on any atom is -0.493 e. The van der Waals surface area contributed by atoms with Crippen molar-refractivity contribution in [3.63, 3.8) is 0 Å². The summed E-state index contributed by atoms with van der Waals surface area (Å²) < 4.78 is 10.2. The maximum atomic E-state index is 12.4. The topological polar surface area (TPSA) is 122 Å². The van der Waals surface area contributed by atoms with Crippen LogP contribution >= 0.6 is 0 Å². The normalized spacial score (nSPS) is 11.3. The van der Waals surface area contributed by atoms with E-state index in [4.69, 9.17) is 14.6 Å². The van der Waals surface area contributed by atoms with E-state index in [1.54, 1.807) is 12.1 Å². The largest absolute Gasteiger partial charge is 0.493 e. The lowest BCUT2D eigenvalue weighted by Gasteiger charge is -2.16. The summed E-state index contributed by atoms with van der Waals surface area (Å²) in [7, 11) is 2.89. The quantitative estimate of drug-likeness (QED) is 0.645. The second kappa shape index (κ2) is 8.70. The molecule has 0 aliphatic carbocycles. The average Bonchev–Trinajstić information content (AvgIpc) is 2.66. The van der Waals surface area contributed by atoms with Crippen molar-refractivity contribution < 1.29 is 34.1 Å². The molecule has 0 unspecified atom stereocenters. The Kier molecular flexibility index (Phi) is 6.37. The fourth-order valence-corrected chi connectivity index (χ4v) is 2.49. The molecular weight excluding hydrogens is 354 g/mol. The Morgan fingerprint density at radius 3 is 2.26 bits per heavy atom. The van der Waals surface area contributed by atoms with Gasteiger partial charge in [0.1, 0.15) is 6.04 Å². The van der Waals surface area contributed by atoms with E-state index in [1.807, 2.05) is 0 Å². The number of carboxylic acid groups (broad SMARTS) is 2. The van der Waals surface area contributed by atoms with Crippen LogP contribution in [0, 0.1) is 0 Å². The van der Waals surface area contributed by atoms with E-state index in [0.717, 1.165) is 0 Å². The highest BCUT2D eigenvalue weighted by Gasteiger charge is 2.22. The predicted octanol–water partition coefficient (Wildman–Crippen LogP) is 1.83. The van der Waals surface area contributed by atoms with Crippen molar-refractivity contribution in [2.75, 3.05) is 14.2 Å². The van der Waals surface area contributed by atoms with Crippen molar-refractivity contribution in [2.45, 2.75) is 12.5 Å². The third-order valence-corrected chi connectivity index (χ3v) is 3.86. The van der Waals surface area contributed by atoms with Gasteiger partial charge in [0.15, 0.2) is 11.5 Å². The number of hydrogen-bond acceptors (Lipinski definition) is 5. The molecule has 0 bridgehead atoms. The minimum atomic E-state index is -1.23. The zero-order chi connectivity index (χ0) is 20.0. The molecule has 2 rings (SSSR count). The fourth-order valence-electron chi connectivity index (χ4n) is 2.49. The average molecular weight is 373 g/mol. The molecule has 0 fully saturated rings. The number of methoxy groups -OCH3 is 2. The zero-order valence-corrected chi connectivity index (χ0v) is 14.8. The molecule has 3 N–H and O–H groups in total. The van der Waals surface area contributed by atoms with Crippen molar-refractivity contribution in [3.05, 3.63) is 59.2 Å². The Labute approximate surface area is 155 Å². The molecule has 0 saturated carbocycles. The summed E-state index contributed by atoms with van der Waals surface area (Å²) in [5.74, 6) is -2.17. The summed E-state index contributed by atoms with van der Waals surface area (Å²) in [6, 6.07) is 9.15. The molecular formula is C19H19NO7. The summed E-state index contributed by atoms with van der Waals surface area (Å²) >= 11 is 0. The maximum Gasteiger partial charge on any atom is 0.335 e. The number of carboxylic acids is 2. The third kappa shape index (κ3) is 4.97. The Hall–Kier alpha value is -3.55. The molecule has 8 nitrogen and oxygen atoms in total. The fraction of sp³-hybridized carbons (Fsp3) is 0.211. The minimum absolute atomic E-state index is 0.0443. The highest BCUT2D eigenvalue weighted by molar-refractivity contribution is 5.97. The Balaban J connectivity index is 2.18. The van der Waals surface area contributed by atoms with Gasteiger partial charge in [-0.25, -0.2) is 9.59 Å². The first-order valence-corrected chi connectivity index (χ1v) is 7.93. The first-order chi connectivity index (χ1) is 12.8. The molecule has 8 heteroatoms. The van der Waals surface area contributed by atoms with Crippen LogP contribution in [0.2, 0.25) is 0 Å². The molecule has 27 heavy (non-hydrogen) atoms. The van der Waals surface area contributed by atoms with E-state index < -0.39 is 23.9 Å². The number of benzene rings is 2. The van der Waals surface area contributed by atoms with Crippen LogP contribution in [0.15, 0.2) is 42.5 Å². The molecule has 0 heterocycles. The van der Waals surface area contributed by atoms with Gasteiger partial charge in [0.2, 0.25) is 0 Å². The summed E-state index contributed by atoms with van der Waals surface area (Å²) in [5.41, 5.74) is 0.732. The van der Waals surface area contributed by atoms with E-state index in [-0.39, 0.29) is 17.5 Å². The van der Waals surface area contributed by atoms with Gasteiger partial charge in [0, 0.05) is 12.0 Å². The van der Waals surface area contributed by atoms with Gasteiger partial charge in [0.05, 0.1) is 19.8 Å². The van der Waals surface area contributed by atoms with Crippen molar-refractivity contribution >= 4 is 17.8 Å². The number of aliphatic carboxylic acids is 1. The molecule has 142 valence electrons. The van der Waals surface area contributed by atoms with Crippen molar-refractivity contribution in [1.29, 1.82) is 0 Å². The molecule has 0 saturated heterocycles. The molecule has 0 radical (unpaired) electrons. The van der Waals surface area contributed by atoms with Crippen LogP contribution in [-0.2, 0) is 11.2 Å². The molecule has 0 aliphatic heterocycles. The highest BCUT2D eigenvalue weighted by atomic mass is 16.5. The number of carbonyl (C=O) groups excluding carboxylic acids is 1. The lowest BCUT2D eigenvalue weighted by molar-refractivity contribution is -0.139. The Morgan fingerprint density at radius 1 is 0.963 bits per heavy atom. The molecule has 0 aliphatic rings. The van der Waals surface area contributed by atoms with E-state index in [9.17, 15) is 19.5 Å². The number of carbonyl (C=O) groups is 3. The lowest BCUT2D eigenvalue weighted by Crippen LogP contribution is -2.42. The van der Waals surface area contributed by atoms with E-state index in [2.05, 4.69) is 5.32 Å². The SMILES string of the molecule is COc1ccc(C(=O)N[C@H](Cc2cccc(C(=O)O)c2)C(=O)O)cc1OC. The summed E-state index contributed by atoms with van der Waals surface area (Å²) in [4.78, 5) is 35.0. The van der Waals surface area contributed by atoms with Crippen LogP contribution in [0.5, 0.6) is 11.5 Å². The van der Waals surface area contributed by atoms with Gasteiger partial charge in [0.25, 0.3) is 5.91 Å². The van der Waals surface area contributed by atoms with Gasteiger partial charge in [-0.2, -0.15) is 0 Å². The number of aromatic carboxylic acids is 1. The summed E-state index contributed by atoms with van der Waals surface area (Å²) in [6.07, 6.45) is -0.0600. The van der Waals surface area contributed by atoms with Gasteiger partial charge in [-0.05, 0) is 35.9 Å². The van der Waals surface area contributed by atoms with Crippen LogP contribution in [0.1, 0.15) is 26.3 Å². The van der Waals surface area contributed by atoms with Crippen LogP contribution in [-0.4, -0.2) is 48.3 Å². The van der Waals surface area contributed by atoms with E-state index >= 15 is 0 Å². The molecule has 1 amide bonds. The first kappa shape index (κ1) is 19.8. The van der Waals surface area contributed by atoms with Crippen LogP contribution in [0.3, 0.4) is 0 Å². The van der Waals surface area contributed by atoms with E-state index in [1.165, 1.54) is 44.6 Å². The highest BCUT2D eigenvalue weighted by Crippen LogP contribution is 2.27. The van der Waals surface area contributed by atoms with Gasteiger partial charge in [-0.15, -0.1) is 0 Å². The van der Waals surface area contributed by atoms with Crippen molar-refractivity contribution in [2.24, 2.45) is 0 Å². The number of amides is 1. The summed E-state index contributed by atoms with van der Waals surface area (Å²) in [6.45, 7) is 0. The smallest absolute Gasteiger partial charge is 0.335 e. The van der Waals surface area contributed by atoms with Gasteiger partial charge < -0.3 is 25.0 Å². The predicted molar refractivity (Wildman–Crippen MR) is 95.5 cm³/mol. The van der Waals surface area contributed by atoms with Gasteiger partial charge >= 0.3 is 11.9 Å². The zero-order valence-electron chi connectivity index (χ0n) is 14.8. The first-order valence-electron chi connectivity index (χ1n) is 7.93. The van der Waals surface area contributed by atoms with Crippen LogP contribution in [0.25, 0.3) is 0 Å². The van der Waals surface area contributed by atoms with Crippen molar-refractivity contribution in [1.82, 2.24) is 5.32 Å². The third-order valence-electron chi connectivity index (χ3n) is 3.86. The van der Waals surface area contributed by atoms with Crippen LogP contribution in [0.4, 0.5) is 0 Å². The number of nitrogens with one attached hydrogen (secondary N) is 1. The molecule has 0 spiro atoms. The van der Waals surface area contributed by atoms with Crippen LogP contribution < -0.4 is 14.8 Å². The molecule has 2 aromatic carbocycles. The number of rotatable bonds is 8. The second-order valence-electron chi connectivity index (χ2n) is 5.64. The second-order valence-corrected chi connectivity index (χ2v) is 5.64. The van der Waals surface area contributed by atoms with Gasteiger partial charge in [-0.1, -0.05) is 12.1 Å². The monoisotopic (exact) mass is 373 g/mol. The summed E-state index contributed by atoms with van der Waals surface area (Å²) in [5, 5.41) is 20.9. The van der Waals surface area contributed by atoms with Gasteiger partial charge in [-0.3, -0.25) is 4.79 Å². The Bertz CT molecular complexity index is 863. The maximum absolute atomic E-state index is 12.4. The number of ether oxygens (including phenoxy) is 2. The van der Waals surface area contributed by atoms with Crippen molar-refractivity contribution in [3.8, 4) is 11.5 Å². The Morgan fingerprint density at radius 2 is 1.67 bits per heavy atom.